The van der Waals surface area contributed by atoms with Crippen LogP contribution in [0, 0.1) is 17.1 Å². The van der Waals surface area contributed by atoms with Gasteiger partial charge in [0.2, 0.25) is 0 Å². The van der Waals surface area contributed by atoms with Crippen LogP contribution < -0.4 is 11.1 Å². The molecule has 0 aliphatic heterocycles. The zero-order chi connectivity index (χ0) is 13.7. The van der Waals surface area contributed by atoms with Gasteiger partial charge in [0.05, 0.1) is 23.0 Å². The highest BCUT2D eigenvalue weighted by atomic mass is 19.1. The average molecular weight is 255 g/mol. The largest absolute Gasteiger partial charge is 0.397 e. The third kappa shape index (κ3) is 3.46. The first-order valence-corrected chi connectivity index (χ1v) is 5.97. The number of benzene rings is 2. The Morgan fingerprint density at radius 1 is 1.21 bits per heavy atom. The lowest BCUT2D eigenvalue weighted by molar-refractivity contribution is 0.625. The zero-order valence-corrected chi connectivity index (χ0v) is 10.4. The molecule has 3 nitrogen and oxygen atoms in total. The van der Waals surface area contributed by atoms with Crippen LogP contribution in [0.15, 0.2) is 42.5 Å². The second-order valence-electron chi connectivity index (χ2n) is 4.22. The lowest BCUT2D eigenvalue weighted by Gasteiger charge is -2.09. The fourth-order valence-electron chi connectivity index (χ4n) is 1.83. The van der Waals surface area contributed by atoms with E-state index in [1.807, 2.05) is 12.1 Å². The van der Waals surface area contributed by atoms with E-state index >= 15 is 0 Å². The van der Waals surface area contributed by atoms with Gasteiger partial charge in [-0.3, -0.25) is 0 Å². The molecule has 0 heterocycles. The smallest absolute Gasteiger partial charge is 0.123 e. The van der Waals surface area contributed by atoms with Crippen molar-refractivity contribution in [1.82, 2.24) is 0 Å². The van der Waals surface area contributed by atoms with E-state index in [1.54, 1.807) is 24.3 Å². The number of anilines is 2. The second-order valence-corrected chi connectivity index (χ2v) is 4.22. The highest BCUT2D eigenvalue weighted by Crippen LogP contribution is 2.19. The van der Waals surface area contributed by atoms with Gasteiger partial charge in [0.25, 0.3) is 0 Å². The lowest BCUT2D eigenvalue weighted by Crippen LogP contribution is -2.07. The van der Waals surface area contributed by atoms with Crippen molar-refractivity contribution in [3.05, 3.63) is 59.4 Å². The molecule has 0 radical (unpaired) electrons. The summed E-state index contributed by atoms with van der Waals surface area (Å²) < 4.78 is 13.0. The van der Waals surface area contributed by atoms with Crippen molar-refractivity contribution in [2.45, 2.75) is 6.42 Å². The van der Waals surface area contributed by atoms with Crippen LogP contribution in [0.3, 0.4) is 0 Å². The minimum Gasteiger partial charge on any atom is -0.397 e. The molecule has 0 amide bonds. The maximum atomic E-state index is 13.0. The molecule has 2 aromatic carbocycles. The monoisotopic (exact) mass is 255 g/mol. The van der Waals surface area contributed by atoms with Gasteiger partial charge in [-0.15, -0.1) is 0 Å². The summed E-state index contributed by atoms with van der Waals surface area (Å²) in [4.78, 5) is 0. The number of nitrogen functional groups attached to an aromatic ring is 1. The van der Waals surface area contributed by atoms with Crippen molar-refractivity contribution in [1.29, 1.82) is 5.26 Å². The second kappa shape index (κ2) is 5.87. The van der Waals surface area contributed by atoms with Crippen LogP contribution in [0.4, 0.5) is 15.8 Å². The standard InChI is InChI=1S/C15H14FN3/c16-13-3-1-2-11(8-13)6-7-19-15-5-4-12(10-17)9-14(15)18/h1-5,8-9,19H,6-7,18H2. The van der Waals surface area contributed by atoms with E-state index in [9.17, 15) is 4.39 Å². The molecule has 0 atom stereocenters. The first-order chi connectivity index (χ1) is 9.19. The highest BCUT2D eigenvalue weighted by molar-refractivity contribution is 5.68. The van der Waals surface area contributed by atoms with Crippen molar-refractivity contribution in [2.75, 3.05) is 17.6 Å². The summed E-state index contributed by atoms with van der Waals surface area (Å²) in [6.07, 6.45) is 0.706. The van der Waals surface area contributed by atoms with Gasteiger partial charge in [0.1, 0.15) is 5.82 Å². The molecule has 96 valence electrons. The summed E-state index contributed by atoms with van der Waals surface area (Å²) in [6.45, 7) is 0.652. The Morgan fingerprint density at radius 3 is 2.74 bits per heavy atom. The summed E-state index contributed by atoms with van der Waals surface area (Å²) in [7, 11) is 0. The molecule has 0 aliphatic rings. The van der Waals surface area contributed by atoms with Crippen LogP contribution >= 0.6 is 0 Å². The van der Waals surface area contributed by atoms with Crippen molar-refractivity contribution in [3.8, 4) is 6.07 Å². The molecule has 2 rings (SSSR count). The van der Waals surface area contributed by atoms with E-state index in [0.29, 0.717) is 24.2 Å². The number of rotatable bonds is 4. The molecule has 2 aromatic rings. The third-order valence-corrected chi connectivity index (χ3v) is 2.80. The van der Waals surface area contributed by atoms with Crippen LogP contribution in [0.25, 0.3) is 0 Å². The van der Waals surface area contributed by atoms with Gasteiger partial charge in [-0.2, -0.15) is 5.26 Å². The Hall–Kier alpha value is -2.54. The highest BCUT2D eigenvalue weighted by Gasteiger charge is 2.01. The molecular formula is C15H14FN3. The van der Waals surface area contributed by atoms with Gasteiger partial charge in [-0.05, 0) is 42.3 Å². The van der Waals surface area contributed by atoms with Crippen molar-refractivity contribution < 1.29 is 4.39 Å². The SMILES string of the molecule is N#Cc1ccc(NCCc2cccc(F)c2)c(N)c1. The number of hydrogen-bond donors (Lipinski definition) is 2. The number of halogens is 1. The summed E-state index contributed by atoms with van der Waals surface area (Å²) in [5.74, 6) is -0.226. The Kier molecular flexibility index (Phi) is 3.99. The van der Waals surface area contributed by atoms with Gasteiger partial charge in [-0.25, -0.2) is 4.39 Å². The van der Waals surface area contributed by atoms with Crippen LogP contribution in [-0.2, 0) is 6.42 Å². The number of nitriles is 1. The average Bonchev–Trinajstić information content (AvgIpc) is 2.40. The van der Waals surface area contributed by atoms with Gasteiger partial charge in [0, 0.05) is 6.54 Å². The molecule has 0 saturated carbocycles. The Morgan fingerprint density at radius 2 is 2.05 bits per heavy atom. The van der Waals surface area contributed by atoms with Crippen LogP contribution in [0.1, 0.15) is 11.1 Å². The Labute approximate surface area is 111 Å². The molecule has 0 aromatic heterocycles. The van der Waals surface area contributed by atoms with E-state index < -0.39 is 0 Å². The van der Waals surface area contributed by atoms with Crippen LogP contribution in [0.2, 0.25) is 0 Å². The molecule has 3 N–H and O–H groups in total. The number of nitrogens with zero attached hydrogens (tertiary/aromatic N) is 1. The third-order valence-electron chi connectivity index (χ3n) is 2.80. The van der Waals surface area contributed by atoms with Gasteiger partial charge >= 0.3 is 0 Å². The number of nitrogens with one attached hydrogen (secondary N) is 1. The predicted molar refractivity (Wildman–Crippen MR) is 74.2 cm³/mol. The minimum atomic E-state index is -0.226. The number of nitrogens with two attached hydrogens (primary N) is 1. The van der Waals surface area contributed by atoms with E-state index in [4.69, 9.17) is 11.0 Å². The summed E-state index contributed by atoms with van der Waals surface area (Å²) in [5, 5.41) is 11.9. The van der Waals surface area contributed by atoms with Crippen LogP contribution in [-0.4, -0.2) is 6.54 Å². The predicted octanol–water partition coefficient (Wildman–Crippen LogP) is 2.93. The molecule has 0 bridgehead atoms. The molecule has 0 fully saturated rings. The Balaban J connectivity index is 1.94. The molecule has 4 heteroatoms. The molecule has 0 aliphatic carbocycles. The quantitative estimate of drug-likeness (QED) is 0.826. The van der Waals surface area contributed by atoms with Gasteiger partial charge < -0.3 is 11.1 Å². The molecular weight excluding hydrogens is 241 g/mol. The Bertz CT molecular complexity index is 617. The van der Waals surface area contributed by atoms with Crippen molar-refractivity contribution in [3.63, 3.8) is 0 Å². The summed E-state index contributed by atoms with van der Waals surface area (Å²) in [6, 6.07) is 13.7. The first kappa shape index (κ1) is 12.9. The van der Waals surface area contributed by atoms with Gasteiger partial charge in [0.15, 0.2) is 0 Å². The number of hydrogen-bond acceptors (Lipinski definition) is 3. The van der Waals surface area contributed by atoms with Crippen LogP contribution in [0.5, 0.6) is 0 Å². The van der Waals surface area contributed by atoms with E-state index in [-0.39, 0.29) is 5.82 Å². The zero-order valence-electron chi connectivity index (χ0n) is 10.4. The summed E-state index contributed by atoms with van der Waals surface area (Å²) in [5.41, 5.74) is 8.62. The van der Waals surface area contributed by atoms with E-state index in [1.165, 1.54) is 12.1 Å². The molecule has 0 unspecified atom stereocenters. The van der Waals surface area contributed by atoms with Crippen molar-refractivity contribution >= 4 is 11.4 Å². The topological polar surface area (TPSA) is 61.8 Å². The maximum absolute atomic E-state index is 13.0. The normalized spacial score (nSPS) is 9.89. The van der Waals surface area contributed by atoms with Crippen molar-refractivity contribution in [2.24, 2.45) is 0 Å². The molecule has 19 heavy (non-hydrogen) atoms. The molecule has 0 saturated heterocycles. The maximum Gasteiger partial charge on any atom is 0.123 e. The fourth-order valence-corrected chi connectivity index (χ4v) is 1.83. The van der Waals surface area contributed by atoms with Gasteiger partial charge in [-0.1, -0.05) is 12.1 Å². The van der Waals surface area contributed by atoms with E-state index in [2.05, 4.69) is 5.32 Å². The minimum absolute atomic E-state index is 0.226. The molecule has 0 spiro atoms. The summed E-state index contributed by atoms with van der Waals surface area (Å²) >= 11 is 0. The first-order valence-electron chi connectivity index (χ1n) is 5.97. The lowest BCUT2D eigenvalue weighted by atomic mass is 10.1. The fraction of sp³-hybridized carbons (Fsp3) is 0.133. The van der Waals surface area contributed by atoms with E-state index in [0.717, 1.165) is 11.3 Å².